The van der Waals surface area contributed by atoms with Gasteiger partial charge in [-0.1, -0.05) is 47.7 Å². The maximum absolute atomic E-state index is 12.9. The lowest BCUT2D eigenvalue weighted by molar-refractivity contribution is -0.607. The fourth-order valence-electron chi connectivity index (χ4n) is 2.90. The Morgan fingerprint density at radius 2 is 1.86 bits per heavy atom. The Labute approximate surface area is 187 Å². The van der Waals surface area contributed by atoms with Crippen LogP contribution in [-0.2, 0) is 11.2 Å². The first kappa shape index (κ1) is 21.3. The zero-order valence-electron chi connectivity index (χ0n) is 15.4. The van der Waals surface area contributed by atoms with E-state index in [1.807, 2.05) is 66.1 Å². The van der Waals surface area contributed by atoms with Crippen LogP contribution in [0.5, 0.6) is 5.75 Å². The Morgan fingerprint density at radius 1 is 1.14 bits per heavy atom. The minimum absolute atomic E-state index is 0. The highest BCUT2D eigenvalue weighted by Gasteiger charge is 2.40. The minimum atomic E-state index is -0.153. The van der Waals surface area contributed by atoms with Crippen LogP contribution in [0.1, 0.15) is 16.1 Å². The van der Waals surface area contributed by atoms with Crippen LogP contribution in [-0.4, -0.2) is 18.9 Å². The smallest absolute Gasteiger partial charge is 0.433 e. The second-order valence-corrected chi connectivity index (χ2v) is 8.22. The summed E-state index contributed by atoms with van der Waals surface area (Å²) in [6.07, 6.45) is 1.97. The highest BCUT2D eigenvalue weighted by atomic mass is 79.9. The van der Waals surface area contributed by atoms with Crippen molar-refractivity contribution in [3.63, 3.8) is 0 Å². The molecule has 1 aliphatic heterocycles. The second-order valence-electron chi connectivity index (χ2n) is 6.08. The van der Waals surface area contributed by atoms with Crippen molar-refractivity contribution in [1.29, 1.82) is 0 Å². The van der Waals surface area contributed by atoms with Crippen LogP contribution in [0, 0.1) is 0 Å². The van der Waals surface area contributed by atoms with Gasteiger partial charge in [0.15, 0.2) is 0 Å². The van der Waals surface area contributed by atoms with Gasteiger partial charge in [0.25, 0.3) is 0 Å². The number of aromatic nitrogens is 1. The van der Waals surface area contributed by atoms with Crippen LogP contribution < -0.4 is 31.6 Å². The second kappa shape index (κ2) is 9.39. The summed E-state index contributed by atoms with van der Waals surface area (Å²) in [5, 5.41) is 4.72. The number of rotatable bonds is 5. The van der Waals surface area contributed by atoms with Crippen molar-refractivity contribution < 1.29 is 35.9 Å². The largest absolute Gasteiger partial charge is 1.00 e. The lowest BCUT2D eigenvalue weighted by Crippen LogP contribution is -3.00. The van der Waals surface area contributed by atoms with Crippen LogP contribution in [0.15, 0.2) is 69.2 Å². The third kappa shape index (κ3) is 4.60. The van der Waals surface area contributed by atoms with Gasteiger partial charge < -0.3 is 27.0 Å². The molecule has 0 saturated heterocycles. The Balaban J connectivity index is 0.00000240. The number of benzene rings is 2. The quantitative estimate of drug-likeness (QED) is 0.430. The zero-order valence-corrected chi connectivity index (χ0v) is 18.6. The lowest BCUT2D eigenvalue weighted by atomic mass is 10.2. The number of methoxy groups -OCH3 is 1. The summed E-state index contributed by atoms with van der Waals surface area (Å²) in [5.74, 6) is 0.444. The summed E-state index contributed by atoms with van der Waals surface area (Å²) >= 11 is 2.88. The number of anilines is 1. The van der Waals surface area contributed by atoms with Gasteiger partial charge in [0, 0.05) is 23.0 Å². The van der Waals surface area contributed by atoms with Crippen molar-refractivity contribution in [2.24, 2.45) is 0 Å². The normalized spacial score (nSPS) is 13.7. The summed E-state index contributed by atoms with van der Waals surface area (Å²) in [6, 6.07) is 16.8. The van der Waals surface area contributed by atoms with Crippen LogP contribution >= 0.6 is 23.1 Å². The van der Waals surface area contributed by atoms with E-state index in [9.17, 15) is 9.59 Å². The molecule has 0 aliphatic carbocycles. The molecule has 0 spiro atoms. The lowest BCUT2D eigenvalue weighted by Gasteiger charge is -2.03. The van der Waals surface area contributed by atoms with Crippen LogP contribution in [0.3, 0.4) is 0 Å². The molecule has 3 aromatic rings. The number of para-hydroxylation sites is 2. The van der Waals surface area contributed by atoms with Crippen molar-refractivity contribution in [1.82, 2.24) is 0 Å². The molecular weight excluding hydrogens is 472 g/mol. The molecule has 1 aromatic heterocycles. The molecule has 0 unspecified atom stereocenters. The van der Waals surface area contributed by atoms with Gasteiger partial charge in [-0.05, 0) is 24.3 Å². The number of allylic oxidation sites excluding steroid dienone is 1. The number of thiazole rings is 1. The van der Waals surface area contributed by atoms with Crippen molar-refractivity contribution >= 4 is 46.7 Å². The third-order valence-corrected chi connectivity index (χ3v) is 6.38. The predicted molar refractivity (Wildman–Crippen MR) is 111 cm³/mol. The molecule has 29 heavy (non-hydrogen) atoms. The molecule has 5 nitrogen and oxygen atoms in total. The van der Waals surface area contributed by atoms with E-state index in [0.717, 1.165) is 15.6 Å². The molecule has 1 aliphatic rings. The number of hydrogen-bond donors (Lipinski definition) is 1. The number of carbonyl (C=O) groups is 2. The molecule has 4 rings (SSSR count). The number of fused-ring (bicyclic) bond motifs is 1. The van der Waals surface area contributed by atoms with Crippen molar-refractivity contribution in [3.05, 3.63) is 76.1 Å². The van der Waals surface area contributed by atoms with E-state index in [0.29, 0.717) is 16.3 Å². The van der Waals surface area contributed by atoms with Crippen molar-refractivity contribution in [3.8, 4) is 5.75 Å². The van der Waals surface area contributed by atoms with Gasteiger partial charge in [-0.2, -0.15) is 0 Å². The molecule has 0 bridgehead atoms. The molecule has 1 N–H and O–H groups in total. The number of nitrogens with one attached hydrogen (secondary N) is 1. The van der Waals surface area contributed by atoms with Gasteiger partial charge in [0.2, 0.25) is 11.6 Å². The number of carbonyl (C=O) groups excluding carboxylic acids is 2. The van der Waals surface area contributed by atoms with Gasteiger partial charge in [0.1, 0.15) is 17.1 Å². The van der Waals surface area contributed by atoms with Gasteiger partial charge in [-0.3, -0.25) is 4.79 Å². The topological polar surface area (TPSA) is 59.3 Å². The van der Waals surface area contributed by atoms with E-state index in [1.54, 1.807) is 11.7 Å². The third-order valence-electron chi connectivity index (χ3n) is 4.20. The Morgan fingerprint density at radius 3 is 2.62 bits per heavy atom. The Kier molecular flexibility index (Phi) is 6.89. The molecule has 148 valence electrons. The van der Waals surface area contributed by atoms with Crippen molar-refractivity contribution in [2.45, 2.75) is 10.8 Å². The molecule has 0 saturated carbocycles. The van der Waals surface area contributed by atoms with E-state index in [4.69, 9.17) is 4.74 Å². The molecule has 0 radical (unpaired) electrons. The molecular formula is C21H17BrN2O3S2. The summed E-state index contributed by atoms with van der Waals surface area (Å²) in [6.45, 7) is 0. The average molecular weight is 489 g/mol. The van der Waals surface area contributed by atoms with Crippen LogP contribution in [0.25, 0.3) is 6.08 Å². The zero-order chi connectivity index (χ0) is 19.5. The number of amides is 1. The molecule has 0 atom stereocenters. The van der Waals surface area contributed by atoms with E-state index in [2.05, 4.69) is 5.32 Å². The maximum Gasteiger partial charge on any atom is 0.433 e. The SMILES string of the molecule is COc1ccccc1/C=C1\Sc2scc(CC(=O)Nc3ccccc3)[n+]2C1=O.[Br-]. The fourth-order valence-corrected chi connectivity index (χ4v) is 5.08. The minimum Gasteiger partial charge on any atom is -1.00 e. The first-order valence-corrected chi connectivity index (χ1v) is 10.3. The first-order chi connectivity index (χ1) is 13.7. The number of halogens is 1. The number of ether oxygens (including phenoxy) is 1. The summed E-state index contributed by atoms with van der Waals surface area (Å²) in [5.41, 5.74) is 2.27. The van der Waals surface area contributed by atoms with E-state index < -0.39 is 0 Å². The summed E-state index contributed by atoms with van der Waals surface area (Å²) in [7, 11) is 1.61. The molecule has 1 amide bonds. The number of hydrogen-bond acceptors (Lipinski definition) is 5. The standard InChI is InChI=1S/C21H16N2O3S2.BrH/c1-26-17-10-6-5-7-14(17)11-18-20(25)23-16(13-27-21(23)28-18)12-19(24)22-15-8-3-2-4-9-15;/h2-11,13H,12H2,1H3;1H/b18-11-;. The monoisotopic (exact) mass is 488 g/mol. The Hall–Kier alpha value is -2.42. The van der Waals surface area contributed by atoms with Gasteiger partial charge in [0.05, 0.1) is 12.5 Å². The fraction of sp³-hybridized carbons (Fsp3) is 0.0952. The van der Waals surface area contributed by atoms with Crippen LogP contribution in [0.2, 0.25) is 0 Å². The first-order valence-electron chi connectivity index (χ1n) is 8.60. The highest BCUT2D eigenvalue weighted by molar-refractivity contribution is 8.05. The van der Waals surface area contributed by atoms with E-state index in [1.165, 1.54) is 23.1 Å². The molecule has 2 heterocycles. The molecule has 0 fully saturated rings. The summed E-state index contributed by atoms with van der Waals surface area (Å²) < 4.78 is 7.84. The average Bonchev–Trinajstić information content (AvgIpc) is 3.23. The Bertz CT molecular complexity index is 1080. The summed E-state index contributed by atoms with van der Waals surface area (Å²) in [4.78, 5) is 25.9. The molecule has 8 heteroatoms. The van der Waals surface area contributed by atoms with Gasteiger partial charge in [-0.25, -0.2) is 4.79 Å². The maximum atomic E-state index is 12.9. The van der Waals surface area contributed by atoms with E-state index >= 15 is 0 Å². The van der Waals surface area contributed by atoms with Gasteiger partial charge in [-0.15, -0.1) is 4.57 Å². The van der Waals surface area contributed by atoms with Crippen molar-refractivity contribution in [2.75, 3.05) is 12.4 Å². The number of thioether (sulfide) groups is 1. The number of nitrogens with zero attached hydrogens (tertiary/aromatic N) is 1. The van der Waals surface area contributed by atoms with E-state index in [-0.39, 0.29) is 35.2 Å². The predicted octanol–water partition coefficient (Wildman–Crippen LogP) is 1.02. The molecule has 2 aromatic carbocycles. The van der Waals surface area contributed by atoms with Gasteiger partial charge >= 0.3 is 10.2 Å². The highest BCUT2D eigenvalue weighted by Crippen LogP contribution is 2.36. The van der Waals surface area contributed by atoms with Crippen LogP contribution in [0.4, 0.5) is 5.69 Å².